The van der Waals surface area contributed by atoms with Crippen LogP contribution in [-0.2, 0) is 16.1 Å². The molecule has 112 valence electrons. The van der Waals surface area contributed by atoms with Gasteiger partial charge in [0.2, 0.25) is 0 Å². The third kappa shape index (κ3) is 5.33. The Morgan fingerprint density at radius 3 is 2.40 bits per heavy atom. The van der Waals surface area contributed by atoms with Gasteiger partial charge in [-0.2, -0.15) is 0 Å². The maximum atomic E-state index is 11.9. The fraction of sp³-hybridized carbons (Fsp3) is 0.588. The van der Waals surface area contributed by atoms with E-state index in [-0.39, 0.29) is 17.4 Å². The van der Waals surface area contributed by atoms with Crippen LogP contribution in [0.2, 0.25) is 0 Å². The third-order valence-electron chi connectivity index (χ3n) is 4.02. The smallest absolute Gasteiger partial charge is 0.310 e. The molecule has 0 saturated heterocycles. The summed E-state index contributed by atoms with van der Waals surface area (Å²) < 4.78 is 5.34. The predicted octanol–water partition coefficient (Wildman–Crippen LogP) is 3.53. The van der Waals surface area contributed by atoms with E-state index in [2.05, 4.69) is 26.1 Å². The van der Waals surface area contributed by atoms with Crippen LogP contribution in [0, 0.1) is 5.92 Å². The number of esters is 1. The van der Waals surface area contributed by atoms with E-state index in [1.807, 2.05) is 37.3 Å². The Kier molecular flexibility index (Phi) is 6.73. The van der Waals surface area contributed by atoms with Crippen molar-refractivity contribution in [3.63, 3.8) is 0 Å². The number of carbonyl (C=O) groups excluding carboxylic acids is 1. The standard InChI is InChI=1S/C17H27NO2/c1-5-17(4,6-2)18-12-14(3)16(19)20-13-15-10-8-7-9-11-15/h7-11,14,18H,5-6,12-13H2,1-4H3. The summed E-state index contributed by atoms with van der Waals surface area (Å²) in [6, 6.07) is 9.77. The highest BCUT2D eigenvalue weighted by Gasteiger charge is 2.22. The van der Waals surface area contributed by atoms with Gasteiger partial charge >= 0.3 is 5.97 Å². The van der Waals surface area contributed by atoms with E-state index >= 15 is 0 Å². The number of hydrogen-bond donors (Lipinski definition) is 1. The first-order valence-electron chi connectivity index (χ1n) is 7.46. The second kappa shape index (κ2) is 8.05. The lowest BCUT2D eigenvalue weighted by Crippen LogP contribution is -2.44. The molecule has 1 aromatic rings. The molecule has 0 spiro atoms. The number of nitrogens with one attached hydrogen (secondary N) is 1. The van der Waals surface area contributed by atoms with E-state index < -0.39 is 0 Å². The van der Waals surface area contributed by atoms with Crippen LogP contribution in [0.3, 0.4) is 0 Å². The molecule has 0 amide bonds. The molecule has 1 atom stereocenters. The summed E-state index contributed by atoms with van der Waals surface area (Å²) in [5.41, 5.74) is 1.13. The van der Waals surface area contributed by atoms with Gasteiger partial charge in [-0.3, -0.25) is 4.79 Å². The Labute approximate surface area is 122 Å². The Hall–Kier alpha value is -1.35. The van der Waals surface area contributed by atoms with E-state index in [0.717, 1.165) is 18.4 Å². The molecule has 0 bridgehead atoms. The van der Waals surface area contributed by atoms with Gasteiger partial charge in [0.15, 0.2) is 0 Å². The van der Waals surface area contributed by atoms with Crippen LogP contribution < -0.4 is 5.32 Å². The maximum Gasteiger partial charge on any atom is 0.310 e. The number of rotatable bonds is 8. The van der Waals surface area contributed by atoms with Gasteiger partial charge in [-0.1, -0.05) is 51.1 Å². The van der Waals surface area contributed by atoms with E-state index in [0.29, 0.717) is 13.2 Å². The Morgan fingerprint density at radius 1 is 1.25 bits per heavy atom. The zero-order valence-electron chi connectivity index (χ0n) is 13.1. The highest BCUT2D eigenvalue weighted by molar-refractivity contribution is 5.72. The fourth-order valence-electron chi connectivity index (χ4n) is 1.85. The molecule has 20 heavy (non-hydrogen) atoms. The van der Waals surface area contributed by atoms with E-state index in [9.17, 15) is 4.79 Å². The summed E-state index contributed by atoms with van der Waals surface area (Å²) in [7, 11) is 0. The summed E-state index contributed by atoms with van der Waals surface area (Å²) in [5.74, 6) is -0.271. The molecular weight excluding hydrogens is 250 g/mol. The van der Waals surface area contributed by atoms with E-state index in [1.54, 1.807) is 0 Å². The molecule has 3 heteroatoms. The van der Waals surface area contributed by atoms with Crippen LogP contribution in [-0.4, -0.2) is 18.1 Å². The topological polar surface area (TPSA) is 38.3 Å². The van der Waals surface area contributed by atoms with Crippen molar-refractivity contribution in [1.82, 2.24) is 5.32 Å². The lowest BCUT2D eigenvalue weighted by Gasteiger charge is -2.29. The normalized spacial score (nSPS) is 13.0. The Bertz CT molecular complexity index is 399. The molecule has 1 N–H and O–H groups in total. The lowest BCUT2D eigenvalue weighted by molar-refractivity contribution is -0.149. The monoisotopic (exact) mass is 277 g/mol. The van der Waals surface area contributed by atoms with Gasteiger partial charge in [0.1, 0.15) is 6.61 Å². The van der Waals surface area contributed by atoms with Crippen molar-refractivity contribution >= 4 is 5.97 Å². The van der Waals surface area contributed by atoms with Gasteiger partial charge in [0, 0.05) is 12.1 Å². The summed E-state index contributed by atoms with van der Waals surface area (Å²) in [4.78, 5) is 11.9. The molecule has 0 fully saturated rings. The average Bonchev–Trinajstić information content (AvgIpc) is 2.50. The molecule has 0 aliphatic heterocycles. The third-order valence-corrected chi connectivity index (χ3v) is 4.02. The van der Waals surface area contributed by atoms with Crippen molar-refractivity contribution in [2.75, 3.05) is 6.54 Å². The zero-order valence-corrected chi connectivity index (χ0v) is 13.1. The minimum absolute atomic E-state index is 0.105. The van der Waals surface area contributed by atoms with Gasteiger partial charge in [0.05, 0.1) is 5.92 Å². The SMILES string of the molecule is CCC(C)(CC)NCC(C)C(=O)OCc1ccccc1. The van der Waals surface area contributed by atoms with E-state index in [4.69, 9.17) is 4.74 Å². The van der Waals surface area contributed by atoms with Crippen LogP contribution >= 0.6 is 0 Å². The van der Waals surface area contributed by atoms with Crippen molar-refractivity contribution in [1.29, 1.82) is 0 Å². The highest BCUT2D eigenvalue weighted by Crippen LogP contribution is 2.14. The molecule has 0 radical (unpaired) electrons. The zero-order chi connectivity index (χ0) is 15.0. The summed E-state index contributed by atoms with van der Waals surface area (Å²) in [6.07, 6.45) is 2.10. The van der Waals surface area contributed by atoms with E-state index in [1.165, 1.54) is 0 Å². The maximum absolute atomic E-state index is 11.9. The van der Waals surface area contributed by atoms with Crippen molar-refractivity contribution < 1.29 is 9.53 Å². The summed E-state index contributed by atoms with van der Waals surface area (Å²) >= 11 is 0. The molecule has 0 aliphatic rings. The average molecular weight is 277 g/mol. The van der Waals surface area contributed by atoms with Crippen LogP contribution in [0.4, 0.5) is 0 Å². The molecule has 1 rings (SSSR count). The van der Waals surface area contributed by atoms with Gasteiger partial charge in [0.25, 0.3) is 0 Å². The Balaban J connectivity index is 2.36. The number of carbonyl (C=O) groups is 1. The van der Waals surface area contributed by atoms with Gasteiger partial charge in [-0.05, 0) is 25.3 Å². The fourth-order valence-corrected chi connectivity index (χ4v) is 1.85. The summed E-state index contributed by atoms with van der Waals surface area (Å²) in [5, 5.41) is 3.47. The van der Waals surface area contributed by atoms with Gasteiger partial charge in [-0.15, -0.1) is 0 Å². The number of hydrogen-bond acceptors (Lipinski definition) is 3. The largest absolute Gasteiger partial charge is 0.461 e. The minimum Gasteiger partial charge on any atom is -0.461 e. The molecule has 0 aromatic heterocycles. The highest BCUT2D eigenvalue weighted by atomic mass is 16.5. The second-order valence-corrected chi connectivity index (χ2v) is 5.64. The predicted molar refractivity (Wildman–Crippen MR) is 82.4 cm³/mol. The van der Waals surface area contributed by atoms with Crippen molar-refractivity contribution in [3.8, 4) is 0 Å². The molecule has 3 nitrogen and oxygen atoms in total. The van der Waals surface area contributed by atoms with Crippen molar-refractivity contribution in [3.05, 3.63) is 35.9 Å². The molecule has 0 saturated carbocycles. The molecule has 0 heterocycles. The number of ether oxygens (including phenoxy) is 1. The Morgan fingerprint density at radius 2 is 1.85 bits per heavy atom. The van der Waals surface area contributed by atoms with Gasteiger partial charge < -0.3 is 10.1 Å². The van der Waals surface area contributed by atoms with Crippen LogP contribution in [0.25, 0.3) is 0 Å². The minimum atomic E-state index is -0.143. The second-order valence-electron chi connectivity index (χ2n) is 5.64. The summed E-state index contributed by atoms with van der Waals surface area (Å²) in [6.45, 7) is 9.43. The quantitative estimate of drug-likeness (QED) is 0.739. The van der Waals surface area contributed by atoms with Crippen molar-refractivity contribution in [2.24, 2.45) is 5.92 Å². The lowest BCUT2D eigenvalue weighted by atomic mass is 9.95. The molecule has 1 aromatic carbocycles. The first-order valence-corrected chi connectivity index (χ1v) is 7.46. The molecule has 1 unspecified atom stereocenters. The van der Waals surface area contributed by atoms with Gasteiger partial charge in [-0.25, -0.2) is 0 Å². The molecule has 0 aliphatic carbocycles. The van der Waals surface area contributed by atoms with Crippen LogP contribution in [0.15, 0.2) is 30.3 Å². The number of benzene rings is 1. The van der Waals surface area contributed by atoms with Crippen LogP contribution in [0.1, 0.15) is 46.1 Å². The molecular formula is C17H27NO2. The van der Waals surface area contributed by atoms with Crippen molar-refractivity contribution in [2.45, 2.75) is 52.7 Å². The first-order chi connectivity index (χ1) is 9.50. The van der Waals surface area contributed by atoms with Crippen LogP contribution in [0.5, 0.6) is 0 Å². The first kappa shape index (κ1) is 16.7.